The van der Waals surface area contributed by atoms with Crippen LogP contribution in [0.25, 0.3) is 0 Å². The fourth-order valence-electron chi connectivity index (χ4n) is 3.88. The number of carbonyl (C=O) groups excluding carboxylic acids is 2. The van der Waals surface area contributed by atoms with Crippen molar-refractivity contribution in [2.75, 3.05) is 19.6 Å². The first-order valence-electron chi connectivity index (χ1n) is 9.68. The Hall–Kier alpha value is -3.02. The van der Waals surface area contributed by atoms with Gasteiger partial charge in [-0.1, -0.05) is 60.2 Å². The number of piperidine rings is 1. The van der Waals surface area contributed by atoms with Crippen LogP contribution in [0.15, 0.2) is 54.6 Å². The SMILES string of the molecule is Cc1ccc([C@@H](NC(=O)N2CCC3(CC2)CNC(=O)O3)c2ccccc2)cc1. The van der Waals surface area contributed by atoms with Gasteiger partial charge in [0.1, 0.15) is 5.60 Å². The van der Waals surface area contributed by atoms with Crippen molar-refractivity contribution < 1.29 is 14.3 Å². The summed E-state index contributed by atoms with van der Waals surface area (Å²) in [5, 5.41) is 5.91. The minimum atomic E-state index is -0.455. The van der Waals surface area contributed by atoms with Crippen molar-refractivity contribution in [3.63, 3.8) is 0 Å². The number of aryl methyl sites for hydroxylation is 1. The van der Waals surface area contributed by atoms with E-state index >= 15 is 0 Å². The minimum absolute atomic E-state index is 0.0958. The molecule has 1 spiro atoms. The van der Waals surface area contributed by atoms with Gasteiger partial charge in [0, 0.05) is 25.9 Å². The fraction of sp³-hybridized carbons (Fsp3) is 0.364. The molecule has 2 heterocycles. The van der Waals surface area contributed by atoms with Crippen LogP contribution in [-0.2, 0) is 4.74 Å². The van der Waals surface area contributed by atoms with Crippen molar-refractivity contribution in [1.82, 2.24) is 15.5 Å². The highest BCUT2D eigenvalue weighted by molar-refractivity contribution is 5.76. The molecule has 0 aromatic heterocycles. The number of nitrogens with zero attached hydrogens (tertiary/aromatic N) is 1. The smallest absolute Gasteiger partial charge is 0.407 e. The van der Waals surface area contributed by atoms with E-state index in [4.69, 9.17) is 4.74 Å². The van der Waals surface area contributed by atoms with E-state index in [0.717, 1.165) is 11.1 Å². The molecule has 2 aliphatic heterocycles. The van der Waals surface area contributed by atoms with Crippen LogP contribution in [0.2, 0.25) is 0 Å². The molecule has 6 heteroatoms. The van der Waals surface area contributed by atoms with Gasteiger partial charge in [-0.3, -0.25) is 0 Å². The van der Waals surface area contributed by atoms with E-state index < -0.39 is 5.60 Å². The maximum absolute atomic E-state index is 13.0. The third-order valence-corrected chi connectivity index (χ3v) is 5.64. The molecule has 2 aromatic carbocycles. The predicted molar refractivity (Wildman–Crippen MR) is 106 cm³/mol. The van der Waals surface area contributed by atoms with E-state index in [-0.39, 0.29) is 18.2 Å². The Morgan fingerprint density at radius 3 is 2.32 bits per heavy atom. The highest BCUT2D eigenvalue weighted by atomic mass is 16.6. The lowest BCUT2D eigenvalue weighted by atomic mass is 9.92. The molecule has 2 aliphatic rings. The number of alkyl carbamates (subject to hydrolysis) is 1. The van der Waals surface area contributed by atoms with Crippen molar-refractivity contribution in [1.29, 1.82) is 0 Å². The third kappa shape index (κ3) is 3.81. The number of benzene rings is 2. The molecule has 3 amide bonds. The Balaban J connectivity index is 1.47. The lowest BCUT2D eigenvalue weighted by molar-refractivity contribution is 0.00963. The van der Waals surface area contributed by atoms with Gasteiger partial charge < -0.3 is 20.3 Å². The van der Waals surface area contributed by atoms with Crippen LogP contribution in [0.3, 0.4) is 0 Å². The highest BCUT2D eigenvalue weighted by Crippen LogP contribution is 2.30. The van der Waals surface area contributed by atoms with Gasteiger partial charge in [0.15, 0.2) is 0 Å². The van der Waals surface area contributed by atoms with Crippen LogP contribution in [0.4, 0.5) is 9.59 Å². The first-order chi connectivity index (χ1) is 13.5. The Bertz CT molecular complexity index is 843. The lowest BCUT2D eigenvalue weighted by Crippen LogP contribution is -2.51. The third-order valence-electron chi connectivity index (χ3n) is 5.64. The molecule has 2 aromatic rings. The number of ether oxygens (including phenoxy) is 1. The van der Waals surface area contributed by atoms with Gasteiger partial charge in [0.25, 0.3) is 0 Å². The van der Waals surface area contributed by atoms with Gasteiger partial charge in [0.05, 0.1) is 12.6 Å². The van der Waals surface area contributed by atoms with Gasteiger partial charge >= 0.3 is 12.1 Å². The number of rotatable bonds is 3. The van der Waals surface area contributed by atoms with Gasteiger partial charge in [0.2, 0.25) is 0 Å². The summed E-state index contributed by atoms with van der Waals surface area (Å²) in [6, 6.07) is 17.9. The molecule has 0 aliphatic carbocycles. The molecule has 4 rings (SSSR count). The Morgan fingerprint density at radius 1 is 1.07 bits per heavy atom. The van der Waals surface area contributed by atoms with Crippen LogP contribution >= 0.6 is 0 Å². The number of amides is 3. The Labute approximate surface area is 164 Å². The van der Waals surface area contributed by atoms with E-state index in [1.54, 1.807) is 0 Å². The van der Waals surface area contributed by atoms with Crippen LogP contribution in [-0.4, -0.2) is 42.3 Å². The largest absolute Gasteiger partial charge is 0.441 e. The molecule has 0 unspecified atom stereocenters. The zero-order valence-electron chi connectivity index (χ0n) is 16.0. The average Bonchev–Trinajstić information content (AvgIpc) is 3.08. The van der Waals surface area contributed by atoms with Gasteiger partial charge in [-0.05, 0) is 18.1 Å². The molecule has 28 heavy (non-hydrogen) atoms. The van der Waals surface area contributed by atoms with Crippen LogP contribution in [0.5, 0.6) is 0 Å². The maximum Gasteiger partial charge on any atom is 0.407 e. The van der Waals surface area contributed by atoms with Gasteiger partial charge in [-0.15, -0.1) is 0 Å². The van der Waals surface area contributed by atoms with Crippen molar-refractivity contribution in [3.8, 4) is 0 Å². The Kier molecular flexibility index (Phi) is 4.94. The van der Waals surface area contributed by atoms with Gasteiger partial charge in [-0.25, -0.2) is 9.59 Å². The number of hydrogen-bond donors (Lipinski definition) is 2. The van der Waals surface area contributed by atoms with Crippen LogP contribution < -0.4 is 10.6 Å². The second kappa shape index (κ2) is 7.54. The van der Waals surface area contributed by atoms with Crippen molar-refractivity contribution >= 4 is 12.1 Å². The molecule has 1 atom stereocenters. The van der Waals surface area contributed by atoms with E-state index in [1.807, 2.05) is 42.2 Å². The summed E-state index contributed by atoms with van der Waals surface area (Å²) in [4.78, 5) is 26.2. The number of urea groups is 1. The molecule has 2 fully saturated rings. The number of nitrogens with one attached hydrogen (secondary N) is 2. The highest BCUT2D eigenvalue weighted by Gasteiger charge is 2.43. The van der Waals surface area contributed by atoms with Crippen molar-refractivity contribution in [3.05, 3.63) is 71.3 Å². The molecule has 0 saturated carbocycles. The molecule has 0 bridgehead atoms. The van der Waals surface area contributed by atoms with Crippen LogP contribution in [0, 0.1) is 6.92 Å². The zero-order valence-corrected chi connectivity index (χ0v) is 16.0. The predicted octanol–water partition coefficient (Wildman–Crippen LogP) is 3.37. The molecule has 6 nitrogen and oxygen atoms in total. The Morgan fingerprint density at radius 2 is 1.71 bits per heavy atom. The van der Waals surface area contributed by atoms with E-state index in [9.17, 15) is 9.59 Å². The molecule has 2 saturated heterocycles. The van der Waals surface area contributed by atoms with Crippen LogP contribution in [0.1, 0.15) is 35.6 Å². The topological polar surface area (TPSA) is 70.7 Å². The van der Waals surface area contributed by atoms with E-state index in [0.29, 0.717) is 32.5 Å². The molecule has 0 radical (unpaired) electrons. The first kappa shape index (κ1) is 18.3. The summed E-state index contributed by atoms with van der Waals surface area (Å²) in [6.07, 6.45) is 0.945. The number of carbonyl (C=O) groups is 2. The molecular weight excluding hydrogens is 354 g/mol. The summed E-state index contributed by atoms with van der Waals surface area (Å²) in [5.41, 5.74) is 2.82. The summed E-state index contributed by atoms with van der Waals surface area (Å²) < 4.78 is 5.44. The second-order valence-corrected chi connectivity index (χ2v) is 7.62. The van der Waals surface area contributed by atoms with Crippen molar-refractivity contribution in [2.45, 2.75) is 31.4 Å². The molecule has 146 valence electrons. The average molecular weight is 379 g/mol. The number of hydrogen-bond acceptors (Lipinski definition) is 3. The van der Waals surface area contributed by atoms with Gasteiger partial charge in [-0.2, -0.15) is 0 Å². The minimum Gasteiger partial charge on any atom is -0.441 e. The fourth-order valence-corrected chi connectivity index (χ4v) is 3.88. The summed E-state index contributed by atoms with van der Waals surface area (Å²) in [7, 11) is 0. The maximum atomic E-state index is 13.0. The summed E-state index contributed by atoms with van der Waals surface area (Å²) in [5.74, 6) is 0. The molecular formula is C22H25N3O3. The van der Waals surface area contributed by atoms with E-state index in [1.165, 1.54) is 5.56 Å². The van der Waals surface area contributed by atoms with E-state index in [2.05, 4.69) is 34.9 Å². The standard InChI is InChI=1S/C22H25N3O3/c1-16-7-9-18(10-8-16)19(17-5-3-2-4-6-17)24-20(26)25-13-11-22(12-14-25)15-23-21(27)28-22/h2-10,19H,11-15H2,1H3,(H,23,27)(H,24,26)/t19-/m0/s1. The van der Waals surface area contributed by atoms with Crippen molar-refractivity contribution in [2.24, 2.45) is 0 Å². The quantitative estimate of drug-likeness (QED) is 0.859. The molecule has 2 N–H and O–H groups in total. The summed E-state index contributed by atoms with van der Waals surface area (Å²) >= 11 is 0. The normalized spacial score (nSPS) is 19.0. The zero-order chi connectivity index (χ0) is 19.6. The summed E-state index contributed by atoms with van der Waals surface area (Å²) in [6.45, 7) is 3.71. The lowest BCUT2D eigenvalue weighted by Gasteiger charge is -2.37. The monoisotopic (exact) mass is 379 g/mol. The number of likely N-dealkylation sites (tertiary alicyclic amines) is 1. The second-order valence-electron chi connectivity index (χ2n) is 7.62. The first-order valence-corrected chi connectivity index (χ1v) is 9.68.